The van der Waals surface area contributed by atoms with Crippen LogP contribution in [0.15, 0.2) is 0 Å². The Morgan fingerprint density at radius 1 is 0.900 bits per heavy atom. The van der Waals surface area contributed by atoms with Crippen LogP contribution in [-0.4, -0.2) is 36.9 Å². The second kappa shape index (κ2) is 5.94. The van der Waals surface area contributed by atoms with Crippen molar-refractivity contribution in [3.05, 3.63) is 6.92 Å². The largest absolute Gasteiger partial charge is 0.459 e. The molecule has 0 aliphatic heterocycles. The molecule has 0 saturated heterocycles. The van der Waals surface area contributed by atoms with Gasteiger partial charge in [-0.25, -0.2) is 4.39 Å². The average Bonchev–Trinajstić information content (AvgIpc) is 2.26. The minimum atomic E-state index is -6.97. The van der Waals surface area contributed by atoms with Crippen molar-refractivity contribution in [2.45, 2.75) is 43.1 Å². The molecule has 121 valence electrons. The SMILES string of the molecule is [CH2]CCCOC(F)(F)C(F)C(F)(F)C(F)(F)C(F)(F)F. The highest BCUT2D eigenvalue weighted by molar-refractivity contribution is 4.98. The third kappa shape index (κ3) is 3.67. The molecule has 0 aromatic rings. The molecule has 0 heterocycles. The van der Waals surface area contributed by atoms with Crippen molar-refractivity contribution in [1.82, 2.24) is 0 Å². The molecule has 0 fully saturated rings. The molecule has 0 aliphatic carbocycles. The first-order chi connectivity index (χ1) is 8.72. The van der Waals surface area contributed by atoms with E-state index in [1.54, 1.807) is 0 Å². The molecule has 0 bridgehead atoms. The van der Waals surface area contributed by atoms with E-state index in [1.165, 1.54) is 0 Å². The summed E-state index contributed by atoms with van der Waals surface area (Å²) in [4.78, 5) is 0. The molecule has 0 aromatic heterocycles. The van der Waals surface area contributed by atoms with Gasteiger partial charge in [0.15, 0.2) is 0 Å². The van der Waals surface area contributed by atoms with Crippen molar-refractivity contribution < 1.29 is 48.6 Å². The average molecular weight is 323 g/mol. The van der Waals surface area contributed by atoms with Crippen LogP contribution < -0.4 is 0 Å². The van der Waals surface area contributed by atoms with Gasteiger partial charge in [-0.1, -0.05) is 13.3 Å². The maximum Gasteiger partial charge on any atom is 0.459 e. The van der Waals surface area contributed by atoms with Gasteiger partial charge >= 0.3 is 24.1 Å². The summed E-state index contributed by atoms with van der Waals surface area (Å²) < 4.78 is 127. The topological polar surface area (TPSA) is 9.23 Å². The highest BCUT2D eigenvalue weighted by Crippen LogP contribution is 2.51. The van der Waals surface area contributed by atoms with E-state index < -0.39 is 36.9 Å². The van der Waals surface area contributed by atoms with Crippen molar-refractivity contribution in [2.24, 2.45) is 0 Å². The quantitative estimate of drug-likeness (QED) is 0.499. The van der Waals surface area contributed by atoms with Gasteiger partial charge in [0, 0.05) is 0 Å². The summed E-state index contributed by atoms with van der Waals surface area (Å²) in [6.45, 7) is 2.10. The zero-order valence-electron chi connectivity index (χ0n) is 9.59. The first-order valence-corrected chi connectivity index (χ1v) is 4.99. The molecule has 0 saturated carbocycles. The Bertz CT molecular complexity index is 310. The van der Waals surface area contributed by atoms with E-state index in [2.05, 4.69) is 11.7 Å². The summed E-state index contributed by atoms with van der Waals surface area (Å²) in [5.41, 5.74) is 0. The fourth-order valence-electron chi connectivity index (χ4n) is 0.943. The second-order valence-electron chi connectivity index (χ2n) is 3.68. The van der Waals surface area contributed by atoms with E-state index >= 15 is 0 Å². The van der Waals surface area contributed by atoms with E-state index in [-0.39, 0.29) is 12.8 Å². The van der Waals surface area contributed by atoms with Gasteiger partial charge in [-0.2, -0.15) is 39.5 Å². The molecule has 0 amide bonds. The van der Waals surface area contributed by atoms with Crippen LogP contribution in [-0.2, 0) is 4.74 Å². The Balaban J connectivity index is 5.19. The van der Waals surface area contributed by atoms with Gasteiger partial charge in [0.1, 0.15) is 0 Å². The minimum Gasteiger partial charge on any atom is -0.318 e. The lowest BCUT2D eigenvalue weighted by atomic mass is 10.1. The smallest absolute Gasteiger partial charge is 0.318 e. The van der Waals surface area contributed by atoms with Crippen LogP contribution in [0, 0.1) is 6.92 Å². The summed E-state index contributed by atoms with van der Waals surface area (Å²) in [6, 6.07) is 0. The van der Waals surface area contributed by atoms with Gasteiger partial charge in [0.25, 0.3) is 6.17 Å². The molecule has 0 aromatic carbocycles. The molecule has 0 spiro atoms. The fourth-order valence-corrected chi connectivity index (χ4v) is 0.943. The van der Waals surface area contributed by atoms with Gasteiger partial charge in [-0.15, -0.1) is 0 Å². The van der Waals surface area contributed by atoms with E-state index in [1.807, 2.05) is 0 Å². The van der Waals surface area contributed by atoms with E-state index in [9.17, 15) is 43.9 Å². The van der Waals surface area contributed by atoms with Gasteiger partial charge in [-0.3, -0.25) is 0 Å². The Morgan fingerprint density at radius 2 is 1.35 bits per heavy atom. The molecule has 1 nitrogen and oxygen atoms in total. The van der Waals surface area contributed by atoms with Crippen LogP contribution in [0.1, 0.15) is 12.8 Å². The maximum absolute atomic E-state index is 12.8. The van der Waals surface area contributed by atoms with Crippen molar-refractivity contribution in [3.63, 3.8) is 0 Å². The third-order valence-electron chi connectivity index (χ3n) is 2.08. The van der Waals surface area contributed by atoms with Gasteiger partial charge < -0.3 is 4.74 Å². The van der Waals surface area contributed by atoms with E-state index in [0.717, 1.165) is 0 Å². The Labute approximate surface area is 106 Å². The predicted molar refractivity (Wildman–Crippen MR) is 46.3 cm³/mol. The summed E-state index contributed by atoms with van der Waals surface area (Å²) >= 11 is 0. The monoisotopic (exact) mass is 323 g/mol. The van der Waals surface area contributed by atoms with Gasteiger partial charge in [0.2, 0.25) is 0 Å². The number of halogens is 10. The minimum absolute atomic E-state index is 0.0257. The molecular weight excluding hydrogens is 314 g/mol. The second-order valence-corrected chi connectivity index (χ2v) is 3.68. The zero-order valence-corrected chi connectivity index (χ0v) is 9.59. The van der Waals surface area contributed by atoms with E-state index in [4.69, 9.17) is 0 Å². The summed E-state index contributed by atoms with van der Waals surface area (Å²) in [6.07, 6.45) is -17.9. The van der Waals surface area contributed by atoms with Crippen molar-refractivity contribution in [2.75, 3.05) is 6.61 Å². The Hall–Kier alpha value is -0.740. The number of hydrogen-bond acceptors (Lipinski definition) is 1. The molecule has 20 heavy (non-hydrogen) atoms. The zero-order chi connectivity index (χ0) is 16.4. The Kier molecular flexibility index (Phi) is 5.72. The molecule has 0 rings (SSSR count). The van der Waals surface area contributed by atoms with Crippen LogP contribution in [0.5, 0.6) is 0 Å². The molecule has 0 N–H and O–H groups in total. The lowest BCUT2D eigenvalue weighted by Crippen LogP contribution is -2.61. The van der Waals surface area contributed by atoms with Crippen molar-refractivity contribution in [3.8, 4) is 0 Å². The molecular formula is C9H9F10O. The van der Waals surface area contributed by atoms with E-state index in [0.29, 0.717) is 0 Å². The highest BCUT2D eigenvalue weighted by atomic mass is 19.4. The summed E-state index contributed by atoms with van der Waals surface area (Å²) in [5, 5.41) is 0. The molecule has 1 radical (unpaired) electrons. The first-order valence-electron chi connectivity index (χ1n) is 4.99. The maximum atomic E-state index is 12.8. The normalized spacial score (nSPS) is 16.4. The standard InChI is InChI=1S/C9H9F10O/c1-2-3-4-20-7(13,14)5(10)6(11,12)8(15,16)9(17,18)19/h5H,1-4H2. The number of alkyl halides is 10. The van der Waals surface area contributed by atoms with Crippen LogP contribution in [0.2, 0.25) is 0 Å². The van der Waals surface area contributed by atoms with Crippen LogP contribution in [0.3, 0.4) is 0 Å². The number of hydrogen-bond donors (Lipinski definition) is 0. The summed E-state index contributed by atoms with van der Waals surface area (Å²) in [7, 11) is 0. The van der Waals surface area contributed by atoms with Crippen molar-refractivity contribution >= 4 is 0 Å². The van der Waals surface area contributed by atoms with Crippen LogP contribution in [0.25, 0.3) is 0 Å². The third-order valence-corrected chi connectivity index (χ3v) is 2.08. The molecule has 0 aliphatic rings. The summed E-state index contributed by atoms with van der Waals surface area (Å²) in [5.74, 6) is -13.7. The van der Waals surface area contributed by atoms with Gasteiger partial charge in [0.05, 0.1) is 6.61 Å². The highest BCUT2D eigenvalue weighted by Gasteiger charge is 2.79. The number of ether oxygens (including phenoxy) is 1. The lowest BCUT2D eigenvalue weighted by Gasteiger charge is -2.33. The number of rotatable bonds is 7. The van der Waals surface area contributed by atoms with Crippen LogP contribution >= 0.6 is 0 Å². The van der Waals surface area contributed by atoms with Crippen molar-refractivity contribution in [1.29, 1.82) is 0 Å². The fraction of sp³-hybridized carbons (Fsp3) is 0.889. The lowest BCUT2D eigenvalue weighted by molar-refractivity contribution is -0.398. The molecule has 11 heteroatoms. The first kappa shape index (κ1) is 19.3. The number of unbranched alkanes of at least 4 members (excludes halogenated alkanes) is 1. The Morgan fingerprint density at radius 3 is 1.70 bits per heavy atom. The molecule has 1 atom stereocenters. The van der Waals surface area contributed by atoms with Gasteiger partial charge in [-0.05, 0) is 6.42 Å². The predicted octanol–water partition coefficient (Wildman–Crippen LogP) is 4.38. The molecule has 1 unspecified atom stereocenters. The van der Waals surface area contributed by atoms with Crippen LogP contribution in [0.4, 0.5) is 43.9 Å².